The van der Waals surface area contributed by atoms with Crippen LogP contribution in [0.3, 0.4) is 0 Å². The molecule has 0 radical (unpaired) electrons. The monoisotopic (exact) mass is 377 g/mol. The number of amides is 1. The number of furan rings is 1. The van der Waals surface area contributed by atoms with Crippen LogP contribution in [0.5, 0.6) is 5.75 Å². The third kappa shape index (κ3) is 3.80. The molecule has 1 atom stereocenters. The molecule has 2 N–H and O–H groups in total. The fraction of sp³-hybridized carbons (Fsp3) is 0.261. The van der Waals surface area contributed by atoms with Gasteiger partial charge >= 0.3 is 0 Å². The molecule has 1 aliphatic rings. The maximum Gasteiger partial charge on any atom is 0.287 e. The number of fused-ring (bicyclic) bond motifs is 1. The predicted octanol–water partition coefficient (Wildman–Crippen LogP) is 3.81. The molecule has 0 saturated carbocycles. The Labute approximate surface area is 164 Å². The predicted molar refractivity (Wildman–Crippen MR) is 105 cm³/mol. The number of carbonyl (C=O) groups is 1. The van der Waals surface area contributed by atoms with Crippen molar-refractivity contribution in [3.05, 3.63) is 89.4 Å². The summed E-state index contributed by atoms with van der Waals surface area (Å²) in [5.74, 6) is 0.583. The van der Waals surface area contributed by atoms with Crippen molar-refractivity contribution in [1.82, 2.24) is 5.32 Å². The first-order valence-corrected chi connectivity index (χ1v) is 9.49. The summed E-state index contributed by atoms with van der Waals surface area (Å²) in [6.45, 7) is 0.374. The number of benzene rings is 2. The Kier molecular flexibility index (Phi) is 5.17. The second-order valence-electron chi connectivity index (χ2n) is 7.10. The van der Waals surface area contributed by atoms with E-state index in [0.29, 0.717) is 12.0 Å². The number of para-hydroxylation sites is 1. The number of rotatable bonds is 6. The zero-order chi connectivity index (χ0) is 19.4. The summed E-state index contributed by atoms with van der Waals surface area (Å²) in [6.07, 6.45) is 3.93. The highest BCUT2D eigenvalue weighted by atomic mass is 16.5. The normalized spacial score (nSPS) is 18.3. The Hall–Kier alpha value is -3.05. The second kappa shape index (κ2) is 7.90. The Morgan fingerprint density at radius 3 is 2.75 bits per heavy atom. The number of aliphatic hydroxyl groups is 1. The summed E-state index contributed by atoms with van der Waals surface area (Å²) in [7, 11) is 0. The lowest BCUT2D eigenvalue weighted by molar-refractivity contribution is 0.0186. The van der Waals surface area contributed by atoms with Gasteiger partial charge in [0.05, 0.1) is 12.8 Å². The van der Waals surface area contributed by atoms with Crippen LogP contribution in [0.1, 0.15) is 40.1 Å². The zero-order valence-corrected chi connectivity index (χ0v) is 15.6. The fourth-order valence-corrected chi connectivity index (χ4v) is 3.72. The van der Waals surface area contributed by atoms with E-state index in [-0.39, 0.29) is 24.8 Å². The van der Waals surface area contributed by atoms with Gasteiger partial charge in [0, 0.05) is 5.56 Å². The van der Waals surface area contributed by atoms with Crippen LogP contribution in [0.4, 0.5) is 0 Å². The van der Waals surface area contributed by atoms with Crippen LogP contribution in [0, 0.1) is 0 Å². The minimum atomic E-state index is -1.06. The fourth-order valence-electron chi connectivity index (χ4n) is 3.72. The number of carbonyl (C=O) groups excluding carboxylic acids is 1. The van der Waals surface area contributed by atoms with E-state index in [1.54, 1.807) is 6.07 Å². The van der Waals surface area contributed by atoms with Crippen LogP contribution < -0.4 is 10.1 Å². The van der Waals surface area contributed by atoms with Crippen molar-refractivity contribution in [3.63, 3.8) is 0 Å². The molecule has 1 aliphatic carbocycles. The molecular formula is C23H23NO4. The third-order valence-electron chi connectivity index (χ3n) is 5.19. The van der Waals surface area contributed by atoms with Crippen molar-refractivity contribution in [2.24, 2.45) is 0 Å². The molecule has 5 heteroatoms. The Bertz CT molecular complexity index is 950. The van der Waals surface area contributed by atoms with Gasteiger partial charge in [-0.15, -0.1) is 0 Å². The largest absolute Gasteiger partial charge is 0.489 e. The van der Waals surface area contributed by atoms with Crippen molar-refractivity contribution in [3.8, 4) is 5.75 Å². The van der Waals surface area contributed by atoms with Crippen molar-refractivity contribution in [2.75, 3.05) is 6.54 Å². The molecule has 0 fully saturated rings. The molecule has 2 aromatic carbocycles. The van der Waals surface area contributed by atoms with Crippen molar-refractivity contribution < 1.29 is 19.1 Å². The summed E-state index contributed by atoms with van der Waals surface area (Å²) in [6, 6.07) is 19.0. The SMILES string of the molecule is O=C(NCC1(O)CCCc2ccccc21)c1occc1COc1ccccc1. The van der Waals surface area contributed by atoms with E-state index in [4.69, 9.17) is 9.15 Å². The molecule has 3 aromatic rings. The summed E-state index contributed by atoms with van der Waals surface area (Å²) < 4.78 is 11.1. The molecule has 1 unspecified atom stereocenters. The van der Waals surface area contributed by atoms with Gasteiger partial charge in [-0.1, -0.05) is 42.5 Å². The van der Waals surface area contributed by atoms with E-state index in [1.807, 2.05) is 54.6 Å². The number of hydrogen-bond acceptors (Lipinski definition) is 4. The summed E-state index contributed by atoms with van der Waals surface area (Å²) in [5.41, 5.74) is 1.64. The Morgan fingerprint density at radius 2 is 1.89 bits per heavy atom. The van der Waals surface area contributed by atoms with E-state index in [2.05, 4.69) is 5.32 Å². The summed E-state index contributed by atoms with van der Waals surface area (Å²) in [4.78, 5) is 12.7. The minimum Gasteiger partial charge on any atom is -0.489 e. The molecular weight excluding hydrogens is 354 g/mol. The van der Waals surface area contributed by atoms with Gasteiger partial charge < -0.3 is 19.6 Å². The van der Waals surface area contributed by atoms with Crippen molar-refractivity contribution in [2.45, 2.75) is 31.5 Å². The van der Waals surface area contributed by atoms with Crippen LogP contribution in [-0.4, -0.2) is 17.6 Å². The second-order valence-corrected chi connectivity index (χ2v) is 7.10. The van der Waals surface area contributed by atoms with Gasteiger partial charge in [0.25, 0.3) is 5.91 Å². The Morgan fingerprint density at radius 1 is 1.11 bits per heavy atom. The quantitative estimate of drug-likeness (QED) is 0.685. The summed E-state index contributed by atoms with van der Waals surface area (Å²) in [5, 5.41) is 14.0. The number of nitrogens with one attached hydrogen (secondary N) is 1. The molecule has 0 aliphatic heterocycles. The number of aryl methyl sites for hydroxylation is 1. The minimum absolute atomic E-state index is 0.141. The van der Waals surface area contributed by atoms with Gasteiger partial charge in [-0.25, -0.2) is 0 Å². The molecule has 1 heterocycles. The van der Waals surface area contributed by atoms with Crippen LogP contribution >= 0.6 is 0 Å². The van der Waals surface area contributed by atoms with Crippen LogP contribution in [0.25, 0.3) is 0 Å². The molecule has 0 spiro atoms. The average molecular weight is 377 g/mol. The van der Waals surface area contributed by atoms with Gasteiger partial charge in [-0.05, 0) is 48.6 Å². The van der Waals surface area contributed by atoms with Gasteiger partial charge in [-0.2, -0.15) is 0 Å². The van der Waals surface area contributed by atoms with E-state index >= 15 is 0 Å². The van der Waals surface area contributed by atoms with E-state index in [1.165, 1.54) is 6.26 Å². The summed E-state index contributed by atoms with van der Waals surface area (Å²) >= 11 is 0. The molecule has 5 nitrogen and oxygen atoms in total. The highest BCUT2D eigenvalue weighted by molar-refractivity contribution is 5.92. The number of hydrogen-bond donors (Lipinski definition) is 2. The molecule has 0 saturated heterocycles. The molecule has 4 rings (SSSR count). The first kappa shape index (κ1) is 18.3. The zero-order valence-electron chi connectivity index (χ0n) is 15.6. The third-order valence-corrected chi connectivity index (χ3v) is 5.19. The molecule has 144 valence electrons. The first-order valence-electron chi connectivity index (χ1n) is 9.49. The van der Waals surface area contributed by atoms with Crippen LogP contribution in [-0.2, 0) is 18.6 Å². The van der Waals surface area contributed by atoms with Gasteiger partial charge in [0.1, 0.15) is 18.0 Å². The maximum absolute atomic E-state index is 12.7. The first-order chi connectivity index (χ1) is 13.7. The van der Waals surface area contributed by atoms with E-state index in [9.17, 15) is 9.90 Å². The number of ether oxygens (including phenoxy) is 1. The lowest BCUT2D eigenvalue weighted by atomic mass is 9.79. The molecule has 28 heavy (non-hydrogen) atoms. The average Bonchev–Trinajstić information content (AvgIpc) is 3.21. The van der Waals surface area contributed by atoms with Crippen LogP contribution in [0.2, 0.25) is 0 Å². The Balaban J connectivity index is 1.42. The van der Waals surface area contributed by atoms with Crippen LogP contribution in [0.15, 0.2) is 71.3 Å². The van der Waals surface area contributed by atoms with Gasteiger partial charge in [-0.3, -0.25) is 4.79 Å². The molecule has 0 bridgehead atoms. The highest BCUT2D eigenvalue weighted by Gasteiger charge is 2.34. The lowest BCUT2D eigenvalue weighted by Gasteiger charge is -2.34. The van der Waals surface area contributed by atoms with Crippen molar-refractivity contribution >= 4 is 5.91 Å². The van der Waals surface area contributed by atoms with E-state index < -0.39 is 5.60 Å². The molecule has 1 amide bonds. The molecule has 1 aromatic heterocycles. The van der Waals surface area contributed by atoms with Gasteiger partial charge in [0.2, 0.25) is 0 Å². The van der Waals surface area contributed by atoms with Gasteiger partial charge in [0.15, 0.2) is 5.76 Å². The maximum atomic E-state index is 12.7. The standard InChI is InChI=1S/C23H23NO4/c25-22(21-18(12-14-27-21)15-28-19-9-2-1-3-10-19)24-16-23(26)13-6-8-17-7-4-5-11-20(17)23/h1-5,7,9-12,14,26H,6,8,13,15-16H2,(H,24,25). The topological polar surface area (TPSA) is 71.7 Å². The smallest absolute Gasteiger partial charge is 0.287 e. The van der Waals surface area contributed by atoms with Crippen molar-refractivity contribution in [1.29, 1.82) is 0 Å². The van der Waals surface area contributed by atoms with E-state index in [0.717, 1.165) is 29.7 Å². The lowest BCUT2D eigenvalue weighted by Crippen LogP contribution is -2.43. The highest BCUT2D eigenvalue weighted by Crippen LogP contribution is 2.34.